The average Bonchev–Trinajstić information content (AvgIpc) is 2.77. The van der Waals surface area contributed by atoms with Crippen LogP contribution in [-0.4, -0.2) is 32.9 Å². The summed E-state index contributed by atoms with van der Waals surface area (Å²) in [7, 11) is 0. The summed E-state index contributed by atoms with van der Waals surface area (Å²) in [5.41, 5.74) is 9.17. The zero-order chi connectivity index (χ0) is 23.1. The van der Waals surface area contributed by atoms with Gasteiger partial charge in [0.15, 0.2) is 12.4 Å². The van der Waals surface area contributed by atoms with E-state index in [1.165, 1.54) is 0 Å². The van der Waals surface area contributed by atoms with Crippen molar-refractivity contribution in [2.75, 3.05) is 11.1 Å². The molecule has 0 saturated heterocycles. The number of nitrogens with two attached hydrogens (primary N) is 1. The molecule has 166 valence electrons. The maximum absolute atomic E-state index is 12.3. The lowest BCUT2D eigenvalue weighted by Crippen LogP contribution is -2.39. The summed E-state index contributed by atoms with van der Waals surface area (Å²) in [5.74, 6) is -0.521. The summed E-state index contributed by atoms with van der Waals surface area (Å²) in [6, 6.07) is 14.0. The molecule has 1 heterocycles. The molecular weight excluding hydrogens is 408 g/mol. The van der Waals surface area contributed by atoms with E-state index in [1.807, 2.05) is 44.2 Å². The van der Waals surface area contributed by atoms with Gasteiger partial charge in [0.2, 0.25) is 11.9 Å². The molecule has 0 aliphatic rings. The van der Waals surface area contributed by atoms with Gasteiger partial charge in [-0.2, -0.15) is 15.0 Å². The van der Waals surface area contributed by atoms with Crippen LogP contribution < -0.4 is 16.4 Å². The second-order valence-corrected chi connectivity index (χ2v) is 7.24. The Balaban J connectivity index is 1.61. The highest BCUT2D eigenvalue weighted by atomic mass is 16.5. The van der Waals surface area contributed by atoms with Gasteiger partial charge in [-0.25, -0.2) is 4.79 Å². The lowest BCUT2D eigenvalue weighted by molar-refractivity contribution is -0.147. The molecule has 0 bridgehead atoms. The molecule has 0 fully saturated rings. The minimum Gasteiger partial charge on any atom is -0.456 e. The number of para-hydroxylation sites is 1. The van der Waals surface area contributed by atoms with Crippen LogP contribution >= 0.6 is 0 Å². The molecule has 0 aliphatic heterocycles. The minimum atomic E-state index is -0.851. The van der Waals surface area contributed by atoms with Crippen LogP contribution in [0.25, 0.3) is 0 Å². The third kappa shape index (κ3) is 6.00. The molecule has 32 heavy (non-hydrogen) atoms. The second kappa shape index (κ2) is 10.3. The van der Waals surface area contributed by atoms with Gasteiger partial charge in [0, 0.05) is 11.3 Å². The van der Waals surface area contributed by atoms with E-state index in [1.54, 1.807) is 25.1 Å². The molecule has 0 saturated carbocycles. The van der Waals surface area contributed by atoms with Crippen molar-refractivity contribution >= 4 is 29.5 Å². The van der Waals surface area contributed by atoms with Gasteiger partial charge in [-0.3, -0.25) is 4.79 Å². The first kappa shape index (κ1) is 22.7. The van der Waals surface area contributed by atoms with Gasteiger partial charge in [0.25, 0.3) is 5.91 Å². The summed E-state index contributed by atoms with van der Waals surface area (Å²) >= 11 is 0. The zero-order valence-electron chi connectivity index (χ0n) is 18.3. The summed E-state index contributed by atoms with van der Waals surface area (Å²) in [6.07, 6.45) is 0.834. The van der Waals surface area contributed by atoms with Crippen molar-refractivity contribution in [2.45, 2.75) is 39.8 Å². The van der Waals surface area contributed by atoms with Crippen molar-refractivity contribution in [3.8, 4) is 0 Å². The van der Waals surface area contributed by atoms with E-state index in [2.05, 4.69) is 25.6 Å². The van der Waals surface area contributed by atoms with Crippen molar-refractivity contribution in [1.82, 2.24) is 20.3 Å². The summed E-state index contributed by atoms with van der Waals surface area (Å²) in [4.78, 5) is 37.1. The fraction of sp³-hybridized carbons (Fsp3) is 0.261. The predicted octanol–water partition coefficient (Wildman–Crippen LogP) is 2.93. The average molecular weight is 435 g/mol. The molecule has 3 aromatic rings. The highest BCUT2D eigenvalue weighted by Crippen LogP contribution is 2.19. The van der Waals surface area contributed by atoms with Crippen LogP contribution in [0.2, 0.25) is 0 Å². The van der Waals surface area contributed by atoms with E-state index in [-0.39, 0.29) is 30.2 Å². The largest absolute Gasteiger partial charge is 0.456 e. The van der Waals surface area contributed by atoms with E-state index in [9.17, 15) is 9.59 Å². The summed E-state index contributed by atoms with van der Waals surface area (Å²) in [6.45, 7) is 5.28. The van der Waals surface area contributed by atoms with Crippen molar-refractivity contribution in [2.24, 2.45) is 0 Å². The first-order chi connectivity index (χ1) is 15.4. The summed E-state index contributed by atoms with van der Waals surface area (Å²) in [5, 5.41) is 5.75. The number of nitrogens with one attached hydrogen (secondary N) is 2. The van der Waals surface area contributed by atoms with Gasteiger partial charge < -0.3 is 21.1 Å². The van der Waals surface area contributed by atoms with Crippen molar-refractivity contribution in [3.05, 3.63) is 71.0 Å². The Morgan fingerprint density at radius 3 is 2.62 bits per heavy atom. The van der Waals surface area contributed by atoms with Gasteiger partial charge in [-0.05, 0) is 44.0 Å². The number of rotatable bonds is 8. The minimum absolute atomic E-state index is 0.00308. The lowest BCUT2D eigenvalue weighted by Gasteiger charge is -2.14. The highest BCUT2D eigenvalue weighted by Gasteiger charge is 2.19. The van der Waals surface area contributed by atoms with Crippen LogP contribution in [0.3, 0.4) is 0 Å². The number of benzene rings is 2. The molecule has 9 nitrogen and oxygen atoms in total. The van der Waals surface area contributed by atoms with E-state index >= 15 is 0 Å². The van der Waals surface area contributed by atoms with Gasteiger partial charge >= 0.3 is 5.97 Å². The van der Waals surface area contributed by atoms with E-state index < -0.39 is 12.0 Å². The van der Waals surface area contributed by atoms with Crippen LogP contribution in [0.15, 0.2) is 48.5 Å². The molecule has 1 amide bonds. The number of carbonyl (C=O) groups excluding carboxylic acids is 2. The Morgan fingerprint density at radius 2 is 1.88 bits per heavy atom. The fourth-order valence-electron chi connectivity index (χ4n) is 3.02. The van der Waals surface area contributed by atoms with Crippen LogP contribution in [0, 0.1) is 6.92 Å². The van der Waals surface area contributed by atoms with Crippen LogP contribution in [0.4, 0.5) is 17.6 Å². The van der Waals surface area contributed by atoms with Gasteiger partial charge in [-0.15, -0.1) is 0 Å². The Bertz CT molecular complexity index is 1120. The van der Waals surface area contributed by atoms with E-state index in [4.69, 9.17) is 10.5 Å². The Kier molecular flexibility index (Phi) is 7.33. The molecule has 3 rings (SSSR count). The molecule has 0 aliphatic carbocycles. The number of hydrogen-bond donors (Lipinski definition) is 3. The van der Waals surface area contributed by atoms with Crippen LogP contribution in [-0.2, 0) is 22.6 Å². The quantitative estimate of drug-likeness (QED) is 0.461. The fourth-order valence-corrected chi connectivity index (χ4v) is 3.02. The monoisotopic (exact) mass is 434 g/mol. The number of aromatic nitrogens is 3. The number of nitrogen functional groups attached to an aromatic ring is 1. The topological polar surface area (TPSA) is 132 Å². The number of esters is 1. The van der Waals surface area contributed by atoms with E-state index in [0.29, 0.717) is 5.56 Å². The first-order valence-corrected chi connectivity index (χ1v) is 10.2. The van der Waals surface area contributed by atoms with E-state index in [0.717, 1.165) is 23.2 Å². The van der Waals surface area contributed by atoms with Crippen LogP contribution in [0.5, 0.6) is 0 Å². The maximum Gasteiger partial charge on any atom is 0.328 e. The van der Waals surface area contributed by atoms with Crippen molar-refractivity contribution in [1.29, 1.82) is 0 Å². The molecule has 4 N–H and O–H groups in total. The Hall–Kier alpha value is -4.01. The predicted molar refractivity (Wildman–Crippen MR) is 121 cm³/mol. The van der Waals surface area contributed by atoms with Crippen LogP contribution in [0.1, 0.15) is 41.2 Å². The zero-order valence-corrected chi connectivity index (χ0v) is 18.3. The number of ether oxygens (including phenoxy) is 1. The molecule has 1 atom stereocenters. The Morgan fingerprint density at radius 1 is 1.09 bits per heavy atom. The number of aryl methyl sites for hydroxylation is 2. The molecular formula is C23H26N6O3. The third-order valence-corrected chi connectivity index (χ3v) is 4.67. The highest BCUT2D eigenvalue weighted by molar-refractivity contribution is 5.96. The second-order valence-electron chi connectivity index (χ2n) is 7.24. The van der Waals surface area contributed by atoms with Crippen molar-refractivity contribution in [3.63, 3.8) is 0 Å². The third-order valence-electron chi connectivity index (χ3n) is 4.67. The maximum atomic E-state index is 12.3. The summed E-state index contributed by atoms with van der Waals surface area (Å²) < 4.78 is 5.27. The molecule has 0 radical (unpaired) electrons. The molecule has 1 aromatic heterocycles. The van der Waals surface area contributed by atoms with Gasteiger partial charge in [-0.1, -0.05) is 42.8 Å². The number of nitrogens with zero attached hydrogens (tertiary/aromatic N) is 3. The standard InChI is InChI=1S/C23H26N6O3/c1-4-16-9-5-6-11-18(16)26-23-28-19(27-22(24)29-23)13-32-21(31)15(3)25-20(30)17-10-7-8-14(2)12-17/h5-12,15H,4,13H2,1-3H3,(H,25,30)(H3,24,26,27,28,29). The first-order valence-electron chi connectivity index (χ1n) is 10.2. The number of amides is 1. The molecule has 9 heteroatoms. The Labute approximate surface area is 186 Å². The molecule has 1 unspecified atom stereocenters. The van der Waals surface area contributed by atoms with Gasteiger partial charge in [0.05, 0.1) is 0 Å². The SMILES string of the molecule is CCc1ccccc1Nc1nc(N)nc(COC(=O)C(C)NC(=O)c2cccc(C)c2)n1. The number of carbonyl (C=O) groups is 2. The lowest BCUT2D eigenvalue weighted by atomic mass is 10.1. The van der Waals surface area contributed by atoms with Gasteiger partial charge in [0.1, 0.15) is 6.04 Å². The van der Waals surface area contributed by atoms with Crippen molar-refractivity contribution < 1.29 is 14.3 Å². The normalized spacial score (nSPS) is 11.5. The molecule has 2 aromatic carbocycles. The number of anilines is 3. The smallest absolute Gasteiger partial charge is 0.328 e. The molecule has 0 spiro atoms. The number of hydrogen-bond acceptors (Lipinski definition) is 8.